The largest absolute Gasteiger partial charge is 0.385 e. The molecule has 4 nitrogen and oxygen atoms in total. The molecule has 0 spiro atoms. The Morgan fingerprint density at radius 1 is 1.38 bits per heavy atom. The molecule has 0 radical (unpaired) electrons. The maximum Gasteiger partial charge on any atom is 0.256 e. The van der Waals surface area contributed by atoms with E-state index in [4.69, 9.17) is 0 Å². The predicted octanol–water partition coefficient (Wildman–Crippen LogP) is 2.59. The summed E-state index contributed by atoms with van der Waals surface area (Å²) in [5.41, 5.74) is 2.91. The Morgan fingerprint density at radius 3 is 2.86 bits per heavy atom. The number of amides is 1. The number of nitrogens with one attached hydrogen (secondary N) is 1. The molecule has 4 heteroatoms. The average Bonchev–Trinajstić information content (AvgIpc) is 2.59. The van der Waals surface area contributed by atoms with Gasteiger partial charge in [0.1, 0.15) is 0 Å². The SMILES string of the molecule is CCNc1cc(C)ccc1C(=O)N1CCCN(C)CC1C. The number of carbonyl (C=O) groups excluding carboxylic acids is 1. The number of anilines is 1. The third-order valence-electron chi connectivity index (χ3n) is 4.08. The normalized spacial score (nSPS) is 20.2. The third kappa shape index (κ3) is 3.76. The van der Waals surface area contributed by atoms with Crippen LogP contribution in [0, 0.1) is 6.92 Å². The first kappa shape index (κ1) is 15.8. The van der Waals surface area contributed by atoms with Gasteiger partial charge in [-0.05, 0) is 58.5 Å². The van der Waals surface area contributed by atoms with E-state index in [9.17, 15) is 4.79 Å². The van der Waals surface area contributed by atoms with Crippen molar-refractivity contribution in [2.45, 2.75) is 33.2 Å². The molecule has 1 aromatic carbocycles. The van der Waals surface area contributed by atoms with Crippen LogP contribution in [0.4, 0.5) is 5.69 Å². The van der Waals surface area contributed by atoms with Gasteiger partial charge in [0.25, 0.3) is 5.91 Å². The van der Waals surface area contributed by atoms with Crippen molar-refractivity contribution in [2.75, 3.05) is 38.5 Å². The second-order valence-electron chi connectivity index (χ2n) is 6.04. The molecule has 1 saturated heterocycles. The van der Waals surface area contributed by atoms with E-state index in [1.165, 1.54) is 5.56 Å². The van der Waals surface area contributed by atoms with Gasteiger partial charge in [0.2, 0.25) is 0 Å². The maximum absolute atomic E-state index is 12.9. The van der Waals surface area contributed by atoms with Gasteiger partial charge in [0, 0.05) is 31.4 Å². The first-order valence-corrected chi connectivity index (χ1v) is 7.87. The van der Waals surface area contributed by atoms with Gasteiger partial charge in [-0.2, -0.15) is 0 Å². The van der Waals surface area contributed by atoms with Crippen molar-refractivity contribution in [2.24, 2.45) is 0 Å². The molecule has 0 saturated carbocycles. The Morgan fingerprint density at radius 2 is 2.14 bits per heavy atom. The molecule has 0 aliphatic carbocycles. The molecule has 1 N–H and O–H groups in total. The molecule has 1 aromatic rings. The van der Waals surface area contributed by atoms with Crippen molar-refractivity contribution in [3.8, 4) is 0 Å². The molecule has 1 unspecified atom stereocenters. The van der Waals surface area contributed by atoms with Gasteiger partial charge in [0.15, 0.2) is 0 Å². The fourth-order valence-corrected chi connectivity index (χ4v) is 3.01. The Labute approximate surface area is 128 Å². The van der Waals surface area contributed by atoms with E-state index >= 15 is 0 Å². The highest BCUT2D eigenvalue weighted by molar-refractivity contribution is 6.00. The highest BCUT2D eigenvalue weighted by Crippen LogP contribution is 2.21. The quantitative estimate of drug-likeness (QED) is 0.929. The smallest absolute Gasteiger partial charge is 0.256 e. The summed E-state index contributed by atoms with van der Waals surface area (Å²) >= 11 is 0. The van der Waals surface area contributed by atoms with Crippen molar-refractivity contribution in [3.63, 3.8) is 0 Å². The maximum atomic E-state index is 12.9. The molecule has 116 valence electrons. The van der Waals surface area contributed by atoms with Gasteiger partial charge in [0.05, 0.1) is 5.56 Å². The Kier molecular flexibility index (Phi) is 5.23. The van der Waals surface area contributed by atoms with Gasteiger partial charge in [-0.25, -0.2) is 0 Å². The van der Waals surface area contributed by atoms with Crippen LogP contribution in [-0.2, 0) is 0 Å². The van der Waals surface area contributed by atoms with Crippen LogP contribution in [0.1, 0.15) is 36.2 Å². The van der Waals surface area contributed by atoms with Crippen LogP contribution in [0.25, 0.3) is 0 Å². The molecule has 2 rings (SSSR count). The molecular weight excluding hydrogens is 262 g/mol. The standard InChI is InChI=1S/C17H27N3O/c1-5-18-16-11-13(2)7-8-15(16)17(21)20-10-6-9-19(4)12-14(20)3/h7-8,11,14,18H,5-6,9-10,12H2,1-4H3. The van der Waals surface area contributed by atoms with E-state index in [1.807, 2.05) is 17.0 Å². The summed E-state index contributed by atoms with van der Waals surface area (Å²) in [5.74, 6) is 0.147. The van der Waals surface area contributed by atoms with Crippen molar-refractivity contribution in [1.82, 2.24) is 9.80 Å². The van der Waals surface area contributed by atoms with Gasteiger partial charge >= 0.3 is 0 Å². The Hall–Kier alpha value is -1.55. The van der Waals surface area contributed by atoms with Gasteiger partial charge in [-0.1, -0.05) is 6.07 Å². The molecule has 0 bridgehead atoms. The lowest BCUT2D eigenvalue weighted by molar-refractivity contribution is 0.0697. The average molecular weight is 289 g/mol. The van der Waals surface area contributed by atoms with E-state index in [0.29, 0.717) is 0 Å². The summed E-state index contributed by atoms with van der Waals surface area (Å²) in [7, 11) is 2.13. The van der Waals surface area contributed by atoms with Crippen LogP contribution < -0.4 is 5.32 Å². The van der Waals surface area contributed by atoms with Crippen molar-refractivity contribution < 1.29 is 4.79 Å². The molecule has 1 fully saturated rings. The fourth-order valence-electron chi connectivity index (χ4n) is 3.01. The van der Waals surface area contributed by atoms with Crippen LogP contribution >= 0.6 is 0 Å². The highest BCUT2D eigenvalue weighted by atomic mass is 16.2. The zero-order valence-electron chi connectivity index (χ0n) is 13.6. The summed E-state index contributed by atoms with van der Waals surface area (Å²) < 4.78 is 0. The minimum atomic E-state index is 0.147. The van der Waals surface area contributed by atoms with Crippen molar-refractivity contribution in [3.05, 3.63) is 29.3 Å². The van der Waals surface area contributed by atoms with E-state index in [0.717, 1.165) is 43.9 Å². The van der Waals surface area contributed by atoms with Crippen LogP contribution in [0.2, 0.25) is 0 Å². The fraction of sp³-hybridized carbons (Fsp3) is 0.588. The summed E-state index contributed by atoms with van der Waals surface area (Å²) in [5, 5.41) is 3.32. The summed E-state index contributed by atoms with van der Waals surface area (Å²) in [4.78, 5) is 17.3. The number of hydrogen-bond donors (Lipinski definition) is 1. The summed E-state index contributed by atoms with van der Waals surface area (Å²) in [6.07, 6.45) is 1.04. The number of rotatable bonds is 3. The number of carbonyl (C=O) groups is 1. The van der Waals surface area contributed by atoms with E-state index in [2.05, 4.69) is 44.1 Å². The van der Waals surface area contributed by atoms with Crippen LogP contribution in [0.15, 0.2) is 18.2 Å². The molecule has 1 aliphatic rings. The monoisotopic (exact) mass is 289 g/mol. The molecule has 21 heavy (non-hydrogen) atoms. The lowest BCUT2D eigenvalue weighted by Crippen LogP contribution is -2.42. The lowest BCUT2D eigenvalue weighted by atomic mass is 10.1. The van der Waals surface area contributed by atoms with Crippen LogP contribution in [0.3, 0.4) is 0 Å². The number of benzene rings is 1. The number of aryl methyl sites for hydroxylation is 1. The minimum absolute atomic E-state index is 0.147. The van der Waals surface area contributed by atoms with Gasteiger partial charge in [-0.3, -0.25) is 4.79 Å². The zero-order chi connectivity index (χ0) is 15.4. The Bertz CT molecular complexity index is 501. The van der Waals surface area contributed by atoms with E-state index < -0.39 is 0 Å². The second-order valence-corrected chi connectivity index (χ2v) is 6.04. The molecule has 1 heterocycles. The molecule has 1 aliphatic heterocycles. The van der Waals surface area contributed by atoms with Crippen LogP contribution in [-0.4, -0.2) is 55.0 Å². The van der Waals surface area contributed by atoms with E-state index in [-0.39, 0.29) is 11.9 Å². The first-order chi connectivity index (χ1) is 10.0. The number of likely N-dealkylation sites (N-methyl/N-ethyl adjacent to an activating group) is 1. The zero-order valence-corrected chi connectivity index (χ0v) is 13.6. The molecule has 1 amide bonds. The number of hydrogen-bond acceptors (Lipinski definition) is 3. The lowest BCUT2D eigenvalue weighted by Gasteiger charge is -2.29. The molecule has 1 atom stereocenters. The summed E-state index contributed by atoms with van der Waals surface area (Å²) in [6.45, 7) is 9.90. The van der Waals surface area contributed by atoms with Crippen LogP contribution in [0.5, 0.6) is 0 Å². The first-order valence-electron chi connectivity index (χ1n) is 7.87. The second kappa shape index (κ2) is 6.94. The number of nitrogens with zero attached hydrogens (tertiary/aromatic N) is 2. The molecule has 0 aromatic heterocycles. The topological polar surface area (TPSA) is 35.6 Å². The predicted molar refractivity (Wildman–Crippen MR) is 88.0 cm³/mol. The highest BCUT2D eigenvalue weighted by Gasteiger charge is 2.26. The minimum Gasteiger partial charge on any atom is -0.385 e. The molecular formula is C17H27N3O. The third-order valence-corrected chi connectivity index (χ3v) is 4.08. The van der Waals surface area contributed by atoms with E-state index in [1.54, 1.807) is 0 Å². The van der Waals surface area contributed by atoms with Gasteiger partial charge in [-0.15, -0.1) is 0 Å². The summed E-state index contributed by atoms with van der Waals surface area (Å²) in [6, 6.07) is 6.28. The van der Waals surface area contributed by atoms with Crippen molar-refractivity contribution in [1.29, 1.82) is 0 Å². The van der Waals surface area contributed by atoms with Gasteiger partial charge < -0.3 is 15.1 Å². The van der Waals surface area contributed by atoms with Crippen molar-refractivity contribution >= 4 is 11.6 Å². The Balaban J connectivity index is 2.26.